The molecule has 2 aromatic rings. The van der Waals surface area contributed by atoms with Gasteiger partial charge >= 0.3 is 5.97 Å². The summed E-state index contributed by atoms with van der Waals surface area (Å²) in [6.45, 7) is 1.86. The van der Waals surface area contributed by atoms with Gasteiger partial charge in [0, 0.05) is 11.4 Å². The number of hydrogen-bond donors (Lipinski definition) is 2. The van der Waals surface area contributed by atoms with Gasteiger partial charge in [0.15, 0.2) is 5.69 Å². The molecular weight excluding hydrogens is 314 g/mol. The first-order chi connectivity index (χ1) is 11.0. The molecule has 1 saturated heterocycles. The summed E-state index contributed by atoms with van der Waals surface area (Å²) in [7, 11) is 0. The third-order valence-corrected chi connectivity index (χ3v) is 5.09. The van der Waals surface area contributed by atoms with Crippen LogP contribution >= 0.6 is 11.8 Å². The van der Waals surface area contributed by atoms with E-state index in [1.54, 1.807) is 10.7 Å². The third kappa shape index (κ3) is 2.96. The number of hydrogen-bond acceptors (Lipinski definition) is 4. The van der Waals surface area contributed by atoms with Crippen molar-refractivity contribution in [3.63, 3.8) is 0 Å². The number of nitrogens with one attached hydrogen (secondary N) is 1. The van der Waals surface area contributed by atoms with E-state index in [-0.39, 0.29) is 5.69 Å². The summed E-state index contributed by atoms with van der Waals surface area (Å²) in [5.41, 5.74) is 0.704. The van der Waals surface area contributed by atoms with Gasteiger partial charge in [-0.15, -0.1) is 0 Å². The Bertz CT molecular complexity index is 736. The van der Waals surface area contributed by atoms with E-state index in [0.717, 1.165) is 17.1 Å². The van der Waals surface area contributed by atoms with Gasteiger partial charge in [0.05, 0.1) is 5.69 Å². The highest BCUT2D eigenvalue weighted by Crippen LogP contribution is 2.28. The fraction of sp³-hybridized carbons (Fsp3) is 0.312. The molecule has 23 heavy (non-hydrogen) atoms. The van der Waals surface area contributed by atoms with E-state index in [1.807, 2.05) is 37.3 Å². The van der Waals surface area contributed by atoms with Crippen molar-refractivity contribution in [3.05, 3.63) is 47.8 Å². The second kappa shape index (κ2) is 6.08. The van der Waals surface area contributed by atoms with Crippen LogP contribution in [0.5, 0.6) is 0 Å². The molecule has 6 nitrogen and oxygen atoms in total. The minimum atomic E-state index is -1.19. The van der Waals surface area contributed by atoms with Gasteiger partial charge in [-0.25, -0.2) is 9.48 Å². The summed E-state index contributed by atoms with van der Waals surface area (Å²) in [5.74, 6) is -0.334. The van der Waals surface area contributed by atoms with E-state index in [0.29, 0.717) is 12.2 Å². The van der Waals surface area contributed by atoms with Crippen LogP contribution in [-0.4, -0.2) is 43.8 Å². The van der Waals surface area contributed by atoms with Gasteiger partial charge in [-0.3, -0.25) is 4.79 Å². The largest absolute Gasteiger partial charge is 0.479 e. The summed E-state index contributed by atoms with van der Waals surface area (Å²) >= 11 is 1.53. The number of thioether (sulfide) groups is 1. The van der Waals surface area contributed by atoms with Gasteiger partial charge in [0.2, 0.25) is 0 Å². The maximum atomic E-state index is 12.4. The van der Waals surface area contributed by atoms with E-state index < -0.39 is 17.4 Å². The highest BCUT2D eigenvalue weighted by Gasteiger charge is 2.43. The Balaban J connectivity index is 1.85. The molecular formula is C16H17N3O3S. The fourth-order valence-electron chi connectivity index (χ4n) is 2.58. The zero-order valence-electron chi connectivity index (χ0n) is 12.7. The monoisotopic (exact) mass is 331 g/mol. The van der Waals surface area contributed by atoms with Crippen molar-refractivity contribution in [2.24, 2.45) is 0 Å². The number of rotatable bonds is 4. The number of carboxylic acid groups (broad SMARTS) is 1. The summed E-state index contributed by atoms with van der Waals surface area (Å²) in [5, 5.41) is 16.4. The number of amides is 1. The SMILES string of the molecule is Cc1cc(C(=O)NC2(C(=O)O)CCSC2)nn1-c1ccccc1. The topological polar surface area (TPSA) is 84.2 Å². The maximum absolute atomic E-state index is 12.4. The van der Waals surface area contributed by atoms with E-state index in [1.165, 1.54) is 11.8 Å². The summed E-state index contributed by atoms with van der Waals surface area (Å²) in [6.07, 6.45) is 0.428. The number of carbonyl (C=O) groups is 2. The Hall–Kier alpha value is -2.28. The van der Waals surface area contributed by atoms with Crippen LogP contribution in [0.2, 0.25) is 0 Å². The van der Waals surface area contributed by atoms with E-state index in [4.69, 9.17) is 0 Å². The second-order valence-electron chi connectivity index (χ2n) is 5.56. The van der Waals surface area contributed by atoms with E-state index in [9.17, 15) is 14.7 Å². The zero-order chi connectivity index (χ0) is 16.4. The minimum absolute atomic E-state index is 0.226. The van der Waals surface area contributed by atoms with Crippen LogP contribution in [0.3, 0.4) is 0 Å². The van der Waals surface area contributed by atoms with Crippen molar-refractivity contribution < 1.29 is 14.7 Å². The molecule has 120 valence electrons. The molecule has 1 fully saturated rings. The molecule has 7 heteroatoms. The van der Waals surface area contributed by atoms with Gasteiger partial charge in [0.25, 0.3) is 5.91 Å². The molecule has 2 heterocycles. The molecule has 0 bridgehead atoms. The van der Waals surface area contributed by atoms with Gasteiger partial charge in [0.1, 0.15) is 5.54 Å². The summed E-state index contributed by atoms with van der Waals surface area (Å²) < 4.78 is 1.67. The van der Waals surface area contributed by atoms with Crippen molar-refractivity contribution in [1.29, 1.82) is 0 Å². The van der Waals surface area contributed by atoms with Gasteiger partial charge in [-0.1, -0.05) is 18.2 Å². The first kappa shape index (κ1) is 15.6. The second-order valence-corrected chi connectivity index (χ2v) is 6.67. The molecule has 1 aliphatic rings. The Morgan fingerprint density at radius 2 is 2.09 bits per heavy atom. The van der Waals surface area contributed by atoms with Gasteiger partial charge < -0.3 is 10.4 Å². The number of para-hydroxylation sites is 1. The molecule has 1 atom stereocenters. The van der Waals surface area contributed by atoms with E-state index >= 15 is 0 Å². The standard InChI is InChI=1S/C16H17N3O3S/c1-11-9-13(18-19(11)12-5-3-2-4-6-12)14(20)17-16(15(21)22)7-8-23-10-16/h2-6,9H,7-8,10H2,1H3,(H,17,20)(H,21,22). The zero-order valence-corrected chi connectivity index (χ0v) is 13.5. The Labute approximate surface area is 137 Å². The molecule has 1 aromatic carbocycles. The van der Waals surface area contributed by atoms with E-state index in [2.05, 4.69) is 10.4 Å². The summed E-state index contributed by atoms with van der Waals surface area (Å²) in [6, 6.07) is 11.2. The van der Waals surface area contributed by atoms with Crippen molar-refractivity contribution in [3.8, 4) is 5.69 Å². The molecule has 0 saturated carbocycles. The number of carboxylic acids is 1. The smallest absolute Gasteiger partial charge is 0.330 e. The van der Waals surface area contributed by atoms with Crippen molar-refractivity contribution in [2.75, 3.05) is 11.5 Å². The normalized spacial score (nSPS) is 20.4. The molecule has 1 aliphatic heterocycles. The van der Waals surface area contributed by atoms with Gasteiger partial charge in [-0.2, -0.15) is 16.9 Å². The highest BCUT2D eigenvalue weighted by molar-refractivity contribution is 7.99. The molecule has 2 N–H and O–H groups in total. The highest BCUT2D eigenvalue weighted by atomic mass is 32.2. The molecule has 1 amide bonds. The number of aromatic nitrogens is 2. The van der Waals surface area contributed by atoms with Gasteiger partial charge in [-0.05, 0) is 37.3 Å². The van der Waals surface area contributed by atoms with Crippen molar-refractivity contribution in [1.82, 2.24) is 15.1 Å². The average molecular weight is 331 g/mol. The van der Waals surface area contributed by atoms with Crippen LogP contribution in [0.25, 0.3) is 5.69 Å². The lowest BCUT2D eigenvalue weighted by atomic mass is 9.99. The number of benzene rings is 1. The van der Waals surface area contributed by atoms with Crippen LogP contribution in [-0.2, 0) is 4.79 Å². The number of nitrogens with zero attached hydrogens (tertiary/aromatic N) is 2. The minimum Gasteiger partial charge on any atom is -0.479 e. The third-order valence-electron chi connectivity index (χ3n) is 3.90. The lowest BCUT2D eigenvalue weighted by molar-refractivity contribution is -0.143. The first-order valence-corrected chi connectivity index (χ1v) is 8.43. The first-order valence-electron chi connectivity index (χ1n) is 7.28. The average Bonchev–Trinajstić information content (AvgIpc) is 3.16. The van der Waals surface area contributed by atoms with Crippen LogP contribution in [0.1, 0.15) is 22.6 Å². The lowest BCUT2D eigenvalue weighted by Gasteiger charge is -2.23. The van der Waals surface area contributed by atoms with Crippen LogP contribution in [0, 0.1) is 6.92 Å². The predicted molar refractivity (Wildman–Crippen MR) is 88.1 cm³/mol. The lowest BCUT2D eigenvalue weighted by Crippen LogP contribution is -2.54. The molecule has 0 aliphatic carbocycles. The number of carbonyl (C=O) groups excluding carboxylic acids is 1. The van der Waals surface area contributed by atoms with Crippen molar-refractivity contribution >= 4 is 23.6 Å². The molecule has 0 spiro atoms. The van der Waals surface area contributed by atoms with Crippen LogP contribution in [0.15, 0.2) is 36.4 Å². The van der Waals surface area contributed by atoms with Crippen LogP contribution < -0.4 is 5.32 Å². The molecule has 1 unspecified atom stereocenters. The molecule has 0 radical (unpaired) electrons. The maximum Gasteiger partial charge on any atom is 0.330 e. The Kier molecular flexibility index (Phi) is 4.12. The molecule has 1 aromatic heterocycles. The quantitative estimate of drug-likeness (QED) is 0.893. The Morgan fingerprint density at radius 3 is 2.70 bits per heavy atom. The predicted octanol–water partition coefficient (Wildman–Crippen LogP) is 1.87. The van der Waals surface area contributed by atoms with Crippen molar-refractivity contribution in [2.45, 2.75) is 18.9 Å². The Morgan fingerprint density at radius 1 is 1.35 bits per heavy atom. The number of aryl methyl sites for hydroxylation is 1. The number of aliphatic carboxylic acids is 1. The van der Waals surface area contributed by atoms with Crippen LogP contribution in [0.4, 0.5) is 0 Å². The fourth-order valence-corrected chi connectivity index (χ4v) is 3.91. The summed E-state index contributed by atoms with van der Waals surface area (Å²) in [4.78, 5) is 24.0. The molecule has 3 rings (SSSR count).